The number of guanidine groups is 1. The molecule has 712 valence electrons. The Kier molecular flexibility index (Phi) is 38.3. The number of carbonyl (C=O) groups is 18. The average Bonchev–Trinajstić information content (AvgIpc) is 1.66. The number of aromatic hydroxyl groups is 1. The van der Waals surface area contributed by atoms with Crippen molar-refractivity contribution in [1.82, 2.24) is 88.0 Å². The molecule has 5 heterocycles. The van der Waals surface area contributed by atoms with Gasteiger partial charge in [-0.2, -0.15) is 0 Å². The molecule has 131 heavy (non-hydrogen) atoms. The molecule has 1 unspecified atom stereocenters. The van der Waals surface area contributed by atoms with E-state index in [1.165, 1.54) is 70.6 Å². The number of para-hydroxylation sites is 1. The lowest BCUT2D eigenvalue weighted by molar-refractivity contribution is -0.149. The standard InChI is InChI=1S/C86H120N22O21S2/c1-9-10-21-65-85(129)105(7)46(5)72(116)96-55(20-15-28-92-86(90)91)75(119)103-63(74(118)94-38-70(89)114)42-130-43-71(115)95-59(31-47-24-26-50(110)27-25-47)81(125)104(6)45(4)73(117)99-61(36-69(88)113)83(127)107-29-16-22-64(107)79(123)98-57(35-68(87)112)77(121)100-58(30-44(2)3)84(128)108-39-51(111)34-66(108)80(124)97-56(32-48-37-93-54-19-13-11-17-52(48)54)76(120)102-62(40-109)78(122)101-60(82(126)106(65)8)33-49-41-131-67-23-14-12-18-53(49)67/h11-14,17-19,23-27,37,41,44-46,51,55-66,93,109-111H,9-10,15-16,20-22,28-36,38-40,42-43H2,1-8H3,(H2,87,112)(H2,88,113)(H2,89,114)(H,94,118)(H,95,115)(H,96,116)(H,97,124)(H,98,123)(H,99,117)(H,100,121)(H,101,122)(H,102,120)(H,103,119)(H4,90,91,92)/t45-,46-,51+,55-,56-,57-,58-,59-,60-,61-,62-,63?,64-,65-,66-/m0/s1. The number of rotatable bonds is 23. The number of H-pyrrole nitrogens is 1. The van der Waals surface area contributed by atoms with Gasteiger partial charge in [-0.1, -0.05) is 82.1 Å². The second-order valence-corrected chi connectivity index (χ2v) is 35.2. The molecule has 0 bridgehead atoms. The van der Waals surface area contributed by atoms with Gasteiger partial charge in [0.05, 0.1) is 37.9 Å². The Hall–Kier alpha value is -13.0. The molecule has 0 radical (unpaired) electrons. The number of hydrogen-bond donors (Lipinski definition) is 20. The number of phenolic OH excluding ortho intramolecular Hbond substituents is 1. The molecule has 0 spiro atoms. The number of unbranched alkanes of at least 4 members (excludes halogenated alkanes) is 1. The van der Waals surface area contributed by atoms with Crippen LogP contribution in [-0.2, 0) is 106 Å². The van der Waals surface area contributed by atoms with Gasteiger partial charge in [-0.25, -0.2) is 0 Å². The first-order valence-electron chi connectivity index (χ1n) is 43.1. The number of amides is 18. The number of likely N-dealkylation sites (N-methyl/N-ethyl adjacent to an activating group) is 3. The highest BCUT2D eigenvalue weighted by Gasteiger charge is 2.47. The number of aliphatic hydroxyl groups excluding tert-OH is 2. The van der Waals surface area contributed by atoms with Crippen LogP contribution in [-0.4, -0.2) is 313 Å². The van der Waals surface area contributed by atoms with E-state index >= 15 is 28.8 Å². The number of aliphatic hydroxyl groups is 2. The number of phenols is 1. The summed E-state index contributed by atoms with van der Waals surface area (Å²) in [6, 6.07) is -3.04. The SMILES string of the molecule is CCCC[C@H]1C(=O)N(C)[C@@H](C)C(=O)N[C@@H](CCCNC(=N)N)C(=O)NC(C(=O)NCC(N)=O)CSCC(=O)N[C@@H](Cc2ccc(O)cc2)C(=O)N(C)[C@@H](C)C(=O)N[C@@H](CC(N)=O)C(=O)N2CCC[C@H]2C(=O)N[C@@H](CC(N)=O)C(=O)N[C@@H](CC(C)C)C(=O)N2C[C@H](O)C[C@H]2C(=O)N[C@@H](Cc2c[nH]c3ccccc23)C(=O)N[C@@H](CO)C(=O)N[C@@H](Cc2csc3ccccc23)C(=O)N1C. The van der Waals surface area contributed by atoms with E-state index in [1.54, 1.807) is 67.9 Å². The molecular formula is C86H120N22O21S2. The van der Waals surface area contributed by atoms with Crippen molar-refractivity contribution in [1.29, 1.82) is 5.41 Å². The van der Waals surface area contributed by atoms with Crippen molar-refractivity contribution in [2.75, 3.05) is 65.4 Å². The van der Waals surface area contributed by atoms with Gasteiger partial charge in [0.2, 0.25) is 106 Å². The summed E-state index contributed by atoms with van der Waals surface area (Å²) in [5.41, 5.74) is 24.3. The number of nitrogens with zero attached hydrogens (tertiary/aromatic N) is 5. The van der Waals surface area contributed by atoms with Gasteiger partial charge >= 0.3 is 0 Å². The molecule has 8 rings (SSSR count). The number of nitrogens with two attached hydrogens (primary N) is 4. The molecule has 3 aliphatic heterocycles. The summed E-state index contributed by atoms with van der Waals surface area (Å²) in [5, 5.41) is 71.7. The summed E-state index contributed by atoms with van der Waals surface area (Å²) < 4.78 is 0.798. The first kappa shape index (κ1) is 103. The normalized spacial score (nSPS) is 25.1. The summed E-state index contributed by atoms with van der Waals surface area (Å²) in [6.45, 7) is 5.21. The molecule has 5 aromatic rings. The first-order chi connectivity index (χ1) is 62.1. The Labute approximate surface area is 763 Å². The van der Waals surface area contributed by atoms with E-state index < -0.39 is 259 Å². The van der Waals surface area contributed by atoms with Gasteiger partial charge in [0.25, 0.3) is 0 Å². The van der Waals surface area contributed by atoms with Crippen molar-refractivity contribution in [2.45, 2.75) is 215 Å². The molecule has 45 heteroatoms. The number of aromatic nitrogens is 1. The van der Waals surface area contributed by atoms with Crippen LogP contribution in [0.25, 0.3) is 21.0 Å². The molecule has 3 aromatic carbocycles. The van der Waals surface area contributed by atoms with Gasteiger partial charge in [-0.3, -0.25) is 91.7 Å². The molecule has 24 N–H and O–H groups in total. The maximum Gasteiger partial charge on any atom is 0.246 e. The fourth-order valence-electron chi connectivity index (χ4n) is 15.6. The predicted octanol–water partition coefficient (Wildman–Crippen LogP) is -4.46. The molecule has 15 atom stereocenters. The Balaban J connectivity index is 1.18. The third-order valence-corrected chi connectivity index (χ3v) is 25.0. The number of fused-ring (bicyclic) bond motifs is 4. The minimum atomic E-state index is -1.90. The maximum absolute atomic E-state index is 15.6. The highest BCUT2D eigenvalue weighted by molar-refractivity contribution is 8.00. The lowest BCUT2D eigenvalue weighted by Gasteiger charge is -2.35. The van der Waals surface area contributed by atoms with E-state index in [9.17, 15) is 72.9 Å². The largest absolute Gasteiger partial charge is 0.508 e. The Morgan fingerprint density at radius 2 is 1.11 bits per heavy atom. The zero-order chi connectivity index (χ0) is 96.4. The van der Waals surface area contributed by atoms with Gasteiger partial charge in [-0.05, 0) is 110 Å². The summed E-state index contributed by atoms with van der Waals surface area (Å²) in [7, 11) is 3.78. The number of thiophene rings is 1. The average molecular weight is 1860 g/mol. The molecule has 0 saturated carbocycles. The maximum atomic E-state index is 15.6. The second kappa shape index (κ2) is 48.6. The van der Waals surface area contributed by atoms with Crippen molar-refractivity contribution in [2.24, 2.45) is 28.9 Å². The van der Waals surface area contributed by atoms with E-state index in [0.717, 1.165) is 41.0 Å². The van der Waals surface area contributed by atoms with Crippen molar-refractivity contribution in [3.8, 4) is 5.75 Å². The number of nitrogens with one attached hydrogen (secondary N) is 13. The molecule has 3 aliphatic rings. The van der Waals surface area contributed by atoms with E-state index in [0.29, 0.717) is 45.8 Å². The van der Waals surface area contributed by atoms with Crippen LogP contribution in [0.2, 0.25) is 0 Å². The van der Waals surface area contributed by atoms with E-state index in [1.807, 2.05) is 13.0 Å². The van der Waals surface area contributed by atoms with E-state index in [4.69, 9.17) is 28.3 Å². The number of primary amides is 3. The Bertz CT molecular complexity index is 5010. The van der Waals surface area contributed by atoms with Gasteiger partial charge in [0.1, 0.15) is 90.3 Å². The number of benzene rings is 3. The smallest absolute Gasteiger partial charge is 0.246 e. The zero-order valence-electron chi connectivity index (χ0n) is 74.2. The summed E-state index contributed by atoms with van der Waals surface area (Å²) in [5.74, 6) is -20.1. The van der Waals surface area contributed by atoms with Gasteiger partial charge < -0.3 is 126 Å². The van der Waals surface area contributed by atoms with E-state index in [-0.39, 0.29) is 76.6 Å². The van der Waals surface area contributed by atoms with Gasteiger partial charge in [0, 0.05) is 94.0 Å². The van der Waals surface area contributed by atoms with Crippen LogP contribution < -0.4 is 81.4 Å². The Morgan fingerprint density at radius 3 is 1.76 bits per heavy atom. The predicted molar refractivity (Wildman–Crippen MR) is 481 cm³/mol. The number of aromatic amines is 1. The fraction of sp³-hybridized carbons (Fsp3) is 0.523. The van der Waals surface area contributed by atoms with Crippen LogP contribution in [0.1, 0.15) is 122 Å². The summed E-state index contributed by atoms with van der Waals surface area (Å²) in [4.78, 5) is 268. The third kappa shape index (κ3) is 29.0. The van der Waals surface area contributed by atoms with Crippen molar-refractivity contribution < 1.29 is 102 Å². The van der Waals surface area contributed by atoms with Crippen molar-refractivity contribution >= 4 is 156 Å². The molecule has 0 aliphatic carbocycles. The van der Waals surface area contributed by atoms with Crippen molar-refractivity contribution in [3.05, 3.63) is 101 Å². The van der Waals surface area contributed by atoms with Gasteiger partial charge in [-0.15, -0.1) is 23.1 Å². The number of carbonyl (C=O) groups excluding carboxylic acids is 18. The van der Waals surface area contributed by atoms with Crippen LogP contribution in [0.15, 0.2) is 84.4 Å². The first-order valence-corrected chi connectivity index (χ1v) is 45.1. The summed E-state index contributed by atoms with van der Waals surface area (Å²) >= 11 is 2.07. The van der Waals surface area contributed by atoms with Crippen molar-refractivity contribution in [3.63, 3.8) is 0 Å². The highest BCUT2D eigenvalue weighted by Crippen LogP contribution is 2.30. The molecule has 3 fully saturated rings. The molecule has 3 saturated heterocycles. The molecule has 43 nitrogen and oxygen atoms in total. The molecule has 2 aromatic heterocycles. The van der Waals surface area contributed by atoms with Crippen LogP contribution in [0.3, 0.4) is 0 Å². The number of hydrogen-bond acceptors (Lipinski definition) is 24. The lowest BCUT2D eigenvalue weighted by Crippen LogP contribution is -2.61. The summed E-state index contributed by atoms with van der Waals surface area (Å²) in [6.07, 6.45) is -2.45. The molecular weight excluding hydrogens is 1740 g/mol. The molecule has 18 amide bonds. The van der Waals surface area contributed by atoms with Crippen LogP contribution >= 0.6 is 23.1 Å². The lowest BCUT2D eigenvalue weighted by atomic mass is 10.0. The monoisotopic (exact) mass is 1860 g/mol. The topological polar surface area (TPSA) is 660 Å². The van der Waals surface area contributed by atoms with Crippen LogP contribution in [0, 0.1) is 11.3 Å². The van der Waals surface area contributed by atoms with E-state index in [2.05, 4.69) is 63.5 Å². The van der Waals surface area contributed by atoms with Gasteiger partial charge in [0.15, 0.2) is 5.96 Å². The minimum absolute atomic E-state index is 0.0215. The fourth-order valence-corrected chi connectivity index (χ4v) is 17.4. The van der Waals surface area contributed by atoms with Crippen LogP contribution in [0.4, 0.5) is 0 Å². The second-order valence-electron chi connectivity index (χ2n) is 33.3. The third-order valence-electron chi connectivity index (χ3n) is 23.0. The minimum Gasteiger partial charge on any atom is -0.508 e. The number of thioether (sulfide) groups is 1. The zero-order valence-corrected chi connectivity index (χ0v) is 75.9. The highest BCUT2D eigenvalue weighted by atomic mass is 32.2. The Morgan fingerprint density at radius 1 is 0.557 bits per heavy atom. The quantitative estimate of drug-likeness (QED) is 0.0167. The van der Waals surface area contributed by atoms with Crippen LogP contribution in [0.5, 0.6) is 5.75 Å².